The van der Waals surface area contributed by atoms with Crippen LogP contribution in [0.1, 0.15) is 266 Å². The van der Waals surface area contributed by atoms with E-state index in [0.29, 0.717) is 35.1 Å². The fourth-order valence-corrected chi connectivity index (χ4v) is 16.3. The van der Waals surface area contributed by atoms with E-state index in [4.69, 9.17) is 20.7 Å². The number of Topliss-reactive ketones (excluding diaryl/α,β-unsaturated/α-hetero) is 1. The van der Waals surface area contributed by atoms with Crippen LogP contribution >= 0.6 is 35.0 Å². The number of halogens is 2. The minimum absolute atomic E-state index is 0. The minimum atomic E-state index is -1.33. The number of aliphatic hydroxyl groups excluding tert-OH is 1. The Balaban J connectivity index is 0.00000132. The molecule has 6 saturated carbocycles. The molecule has 0 radical (unpaired) electrons. The van der Waals surface area contributed by atoms with Crippen LogP contribution in [-0.4, -0.2) is 108 Å². The predicted octanol–water partition coefficient (Wildman–Crippen LogP) is 14.5. The maximum Gasteiger partial charge on any atom is 1.00 e. The SMILES string of the molecule is CCO.CI.C[O-].C[Si](C)(C)C#N.Cl.Cn1cc(C2CCCCC2)c2ccc(C#N)nc21.Cn1cc(C2CCCCC2)c2ccc[n+]([O-])c21.O.O.O=C1CCCCC1.On1cccc2c(C3CCCCC3)cnc1-2.[H-].[HH].[Na+].[Na+].[Pd].c1cnc2[nH]cc(C3CCCCC3)c2c1.c1cnc2[nH]cc(C3CCCCC3)c2c1.c1cnc2[nH]ccc2c1. The number of aromatic amines is 3. The molecule has 21 nitrogen and oxygen atoms in total. The molecule has 18 rings (SSSR count). The Labute approximate surface area is 769 Å². The van der Waals surface area contributed by atoms with Gasteiger partial charge < -0.3 is 52.5 Å². The van der Waals surface area contributed by atoms with Gasteiger partial charge >= 0.3 is 59.1 Å². The summed E-state index contributed by atoms with van der Waals surface area (Å²) in [5, 5.41) is 60.6. The van der Waals surface area contributed by atoms with E-state index in [-0.39, 0.29) is 112 Å². The van der Waals surface area contributed by atoms with Crippen LogP contribution in [0.15, 0.2) is 147 Å². The molecule has 626 valence electrons. The van der Waals surface area contributed by atoms with Crippen molar-refractivity contribution in [3.8, 4) is 23.1 Å². The Bertz CT molecular complexity index is 4620. The zero-order valence-electron chi connectivity index (χ0n) is 71.3. The monoisotopic (exact) mass is 1850 g/mol. The summed E-state index contributed by atoms with van der Waals surface area (Å²) < 4.78 is 6.11. The van der Waals surface area contributed by atoms with Crippen LogP contribution in [0.4, 0.5) is 0 Å². The van der Waals surface area contributed by atoms with E-state index in [1.807, 2.05) is 117 Å². The Kier molecular flexibility index (Phi) is 52.5. The second kappa shape index (κ2) is 57.4. The Hall–Kier alpha value is -5.87. The number of ketones is 1. The first-order valence-corrected chi connectivity index (χ1v) is 46.0. The molecule has 0 saturated heterocycles. The number of nitriles is 2. The van der Waals surface area contributed by atoms with Gasteiger partial charge in [0.15, 0.2) is 13.9 Å². The number of carbonyl (C=O) groups is 1. The molecule has 0 unspecified atom stereocenters. The summed E-state index contributed by atoms with van der Waals surface area (Å²) >= 11 is 2.15. The number of fused-ring (bicyclic) bond motifs is 6. The number of aromatic nitrogens is 12. The second-order valence-electron chi connectivity index (χ2n) is 30.6. The number of nitrogens with zero attached hydrogens (tertiary/aromatic N) is 11. The summed E-state index contributed by atoms with van der Waals surface area (Å²) in [4.78, 5) is 43.5. The van der Waals surface area contributed by atoms with E-state index in [0.717, 1.165) is 98.7 Å². The van der Waals surface area contributed by atoms with Gasteiger partial charge in [0.05, 0.1) is 24.8 Å². The van der Waals surface area contributed by atoms with Crippen LogP contribution in [0, 0.1) is 27.5 Å². The molecule has 9 N–H and O–H groups in total. The fourth-order valence-electron chi connectivity index (χ4n) is 16.3. The number of alkyl halides is 1. The molecule has 10 aromatic heterocycles. The summed E-state index contributed by atoms with van der Waals surface area (Å²) in [6.07, 6.45) is 59.9. The van der Waals surface area contributed by atoms with E-state index in [9.17, 15) is 15.2 Å². The number of pyridine rings is 6. The number of aryl methyl sites for hydroxylation is 2. The summed E-state index contributed by atoms with van der Waals surface area (Å²) in [5.41, 5.74) is 15.7. The molecule has 27 heteroatoms. The van der Waals surface area contributed by atoms with Gasteiger partial charge in [0.1, 0.15) is 40.1 Å². The van der Waals surface area contributed by atoms with Crippen LogP contribution in [0.3, 0.4) is 0 Å². The van der Waals surface area contributed by atoms with Gasteiger partial charge in [-0.05, 0) is 220 Å². The Morgan fingerprint density at radius 1 is 0.569 bits per heavy atom. The van der Waals surface area contributed by atoms with Crippen molar-refractivity contribution in [2.75, 3.05) is 18.6 Å². The van der Waals surface area contributed by atoms with Gasteiger partial charge in [-0.3, -0.25) is 4.79 Å². The molecule has 12 heterocycles. The number of nitrogens with one attached hydrogen (secondary N) is 3. The minimum Gasteiger partial charge on any atom is -1.00 e. The summed E-state index contributed by atoms with van der Waals surface area (Å²) in [7, 11) is 3.40. The van der Waals surface area contributed by atoms with Crippen molar-refractivity contribution in [3.63, 3.8) is 0 Å². The van der Waals surface area contributed by atoms with Gasteiger partial charge in [-0.2, -0.15) is 17.1 Å². The van der Waals surface area contributed by atoms with Gasteiger partial charge in [0.25, 0.3) is 5.65 Å². The number of aliphatic hydroxyl groups is 1. The molecule has 8 aliphatic rings. The number of H-pyrrole nitrogens is 3. The van der Waals surface area contributed by atoms with Crippen molar-refractivity contribution < 1.29 is 118 Å². The quantitative estimate of drug-likeness (QED) is 0.0268. The van der Waals surface area contributed by atoms with Gasteiger partial charge in [0.2, 0.25) is 0 Å². The van der Waals surface area contributed by atoms with Crippen molar-refractivity contribution in [2.24, 2.45) is 14.1 Å². The van der Waals surface area contributed by atoms with E-state index in [1.165, 1.54) is 211 Å². The number of rotatable bonds is 5. The van der Waals surface area contributed by atoms with Crippen LogP contribution in [0.5, 0.6) is 0 Å². The van der Waals surface area contributed by atoms with Crippen LogP contribution in [-0.2, 0) is 39.3 Å². The molecular formula is C89H128ClIN14Na2O7PdSi. The first kappa shape index (κ1) is 106. The van der Waals surface area contributed by atoms with Gasteiger partial charge in [-0.15, -0.1) is 12.4 Å². The van der Waals surface area contributed by atoms with Crippen LogP contribution in [0.2, 0.25) is 19.6 Å². The molecule has 6 fully saturated rings. The first-order valence-electron chi connectivity index (χ1n) is 40.4. The molecule has 0 aromatic carbocycles. The predicted molar refractivity (Wildman–Crippen MR) is 474 cm³/mol. The normalized spacial score (nSPS) is 15.4. The summed E-state index contributed by atoms with van der Waals surface area (Å²) in [6, 6.07) is 28.2. The average molecular weight is 1850 g/mol. The van der Waals surface area contributed by atoms with Crippen molar-refractivity contribution in [1.29, 1.82) is 10.5 Å². The number of hydrogen-bond donors (Lipinski definition) is 5. The third kappa shape index (κ3) is 31.6. The molecule has 0 bridgehead atoms. The van der Waals surface area contributed by atoms with Crippen molar-refractivity contribution in [1.82, 2.24) is 53.7 Å². The Morgan fingerprint density at radius 2 is 0.983 bits per heavy atom. The van der Waals surface area contributed by atoms with Crippen molar-refractivity contribution in [2.45, 2.75) is 249 Å². The van der Waals surface area contributed by atoms with Crippen molar-refractivity contribution in [3.05, 3.63) is 186 Å². The van der Waals surface area contributed by atoms with Gasteiger partial charge in [-0.25, -0.2) is 39.5 Å². The maximum atomic E-state index is 11.8. The topological polar surface area (TPSA) is 345 Å². The molecule has 6 aliphatic carbocycles. The third-order valence-corrected chi connectivity index (χ3v) is 22.4. The van der Waals surface area contributed by atoms with Crippen LogP contribution in [0.25, 0.3) is 66.6 Å². The number of carbonyl (C=O) groups excluding carboxylic acids is 1. The maximum absolute atomic E-state index is 11.8. The largest absolute Gasteiger partial charge is 1.00 e. The molecule has 10 aromatic rings. The van der Waals surface area contributed by atoms with Crippen LogP contribution < -0.4 is 69.0 Å². The second-order valence-corrected chi connectivity index (χ2v) is 35.3. The smallest absolute Gasteiger partial charge is 1.00 e. The zero-order valence-corrected chi connectivity index (χ0v) is 79.8. The van der Waals surface area contributed by atoms with E-state index < -0.39 is 8.07 Å². The molecule has 0 amide bonds. The third-order valence-electron chi connectivity index (χ3n) is 21.7. The summed E-state index contributed by atoms with van der Waals surface area (Å²) in [6.45, 7) is 7.99. The molecule has 2 aliphatic heterocycles. The fraction of sp³-hybridized carbons (Fsp3) is 0.494. The molecule has 116 heavy (non-hydrogen) atoms. The molecule has 0 atom stereocenters. The standard InChI is InChI=1S/C15H17N3.C14H18N2O.C13H16N2O.2C13H16N2.C7H6N2.C6H10O.C4H9NSi.C2H6O.CH3I.CH3O.ClH.2Na.2H2O.Pd.H2.H/c1-18-10-14(11-5-3-2-4-6-11)13-8-7-12(9-16)17-15(13)18;1-15-10-13(11-6-3-2-4-7-11)12-8-5-9-16(17)14(12)15;16-15-8-4-7-11-12(9-14-13(11)15)10-5-2-1-3-6-10;2*1-2-5-10(6-3-1)12-9-15-13-11(12)7-4-8-14-13;1-2-6-3-5-9-7(6)8-4-1;7-6-4-2-1-3-5-6;1-6(2,3)4-5;1-2-3;2*1-2;;;;;;;;/h7-8,10-11H,2-6H2,1H3;5,8-11H,2-4,6-7H2,1H3;4,7-10,16H,1-3,5-6H2;2*4,7-10H,1-3,5-6H2,(H,14,15);1-5H,(H,8,9);1-5H2;1-3H3;3H,2H2,1H3;2*1H3;1H;;;2*1H2;;1H;/q;;;;;;;;;;-1;;2*+1;;;;;-1. The molecular weight excluding hydrogens is 1720 g/mol. The average Bonchev–Trinajstić information content (AvgIpc) is 1.64. The van der Waals surface area contributed by atoms with E-state index in [1.54, 1.807) is 25.5 Å². The van der Waals surface area contributed by atoms with Gasteiger partial charge in [-0.1, -0.05) is 145 Å². The Morgan fingerprint density at radius 3 is 1.42 bits per heavy atom. The first-order chi connectivity index (χ1) is 53.7. The van der Waals surface area contributed by atoms with E-state index >= 15 is 0 Å². The van der Waals surface area contributed by atoms with Gasteiger partial charge in [0, 0.05) is 142 Å². The zero-order chi connectivity index (χ0) is 78.6. The summed E-state index contributed by atoms with van der Waals surface area (Å²) in [5.74, 6) is 4.64. The van der Waals surface area contributed by atoms with Crippen molar-refractivity contribution >= 4 is 104 Å². The number of hydrogen-bond acceptors (Lipinski definition) is 12. The molecule has 0 spiro atoms. The van der Waals surface area contributed by atoms with E-state index in [2.05, 4.69) is 134 Å².